The SMILES string of the molecule is O=C(Cc1ccc(NS(=O)(=O)c2ccc(Cl)cc2)cc1)N1CCC(O)CC1. The van der Waals surface area contributed by atoms with Crippen LogP contribution in [-0.4, -0.2) is 43.5 Å². The molecular weight excluding hydrogens is 388 g/mol. The van der Waals surface area contributed by atoms with Crippen LogP contribution in [0.2, 0.25) is 5.02 Å². The molecule has 0 bridgehead atoms. The molecule has 144 valence electrons. The Kier molecular flexibility index (Phi) is 6.04. The van der Waals surface area contributed by atoms with E-state index in [9.17, 15) is 18.3 Å². The number of hydrogen-bond donors (Lipinski definition) is 2. The first-order valence-corrected chi connectivity index (χ1v) is 10.5. The van der Waals surface area contributed by atoms with Crippen LogP contribution >= 0.6 is 11.6 Å². The lowest BCUT2D eigenvalue weighted by atomic mass is 10.1. The number of rotatable bonds is 5. The van der Waals surface area contributed by atoms with Gasteiger partial charge in [0, 0.05) is 23.8 Å². The quantitative estimate of drug-likeness (QED) is 0.796. The smallest absolute Gasteiger partial charge is 0.261 e. The van der Waals surface area contributed by atoms with Crippen LogP contribution in [-0.2, 0) is 21.2 Å². The minimum Gasteiger partial charge on any atom is -0.393 e. The molecule has 6 nitrogen and oxygen atoms in total. The number of nitrogens with one attached hydrogen (secondary N) is 1. The van der Waals surface area contributed by atoms with Gasteiger partial charge in [-0.15, -0.1) is 0 Å². The molecular formula is C19H21ClN2O4S. The van der Waals surface area contributed by atoms with Gasteiger partial charge in [-0.05, 0) is 54.8 Å². The third-order valence-electron chi connectivity index (χ3n) is 4.50. The molecule has 0 aromatic heterocycles. The first-order valence-electron chi connectivity index (χ1n) is 8.67. The van der Waals surface area contributed by atoms with Gasteiger partial charge in [-0.3, -0.25) is 9.52 Å². The van der Waals surface area contributed by atoms with Gasteiger partial charge in [0.25, 0.3) is 10.0 Å². The second-order valence-corrected chi connectivity index (χ2v) is 8.66. The largest absolute Gasteiger partial charge is 0.393 e. The number of likely N-dealkylation sites (tertiary alicyclic amines) is 1. The zero-order chi connectivity index (χ0) is 19.4. The van der Waals surface area contributed by atoms with E-state index in [0.717, 1.165) is 5.56 Å². The summed E-state index contributed by atoms with van der Waals surface area (Å²) in [5.41, 5.74) is 1.22. The van der Waals surface area contributed by atoms with Crippen molar-refractivity contribution in [3.8, 4) is 0 Å². The molecule has 1 aliphatic heterocycles. The van der Waals surface area contributed by atoms with Crippen molar-refractivity contribution in [2.75, 3.05) is 17.8 Å². The molecule has 1 fully saturated rings. The monoisotopic (exact) mass is 408 g/mol. The fourth-order valence-electron chi connectivity index (χ4n) is 2.92. The highest BCUT2D eigenvalue weighted by Gasteiger charge is 2.21. The van der Waals surface area contributed by atoms with Crippen LogP contribution in [0.15, 0.2) is 53.4 Å². The van der Waals surface area contributed by atoms with E-state index < -0.39 is 10.0 Å². The minimum absolute atomic E-state index is 0.0106. The van der Waals surface area contributed by atoms with Crippen molar-refractivity contribution >= 4 is 33.2 Å². The summed E-state index contributed by atoms with van der Waals surface area (Å²) in [5.74, 6) is 0.0106. The Morgan fingerprint density at radius 3 is 2.26 bits per heavy atom. The molecule has 1 aliphatic rings. The van der Waals surface area contributed by atoms with E-state index in [2.05, 4.69) is 4.72 Å². The molecule has 1 saturated heterocycles. The predicted molar refractivity (Wildman–Crippen MR) is 104 cm³/mol. The summed E-state index contributed by atoms with van der Waals surface area (Å²) in [7, 11) is -3.70. The third-order valence-corrected chi connectivity index (χ3v) is 6.15. The van der Waals surface area contributed by atoms with Crippen molar-refractivity contribution in [1.29, 1.82) is 0 Å². The van der Waals surface area contributed by atoms with Crippen LogP contribution in [0.4, 0.5) is 5.69 Å². The molecule has 0 radical (unpaired) electrons. The number of piperidine rings is 1. The maximum Gasteiger partial charge on any atom is 0.261 e. The Hall–Kier alpha value is -2.09. The number of halogens is 1. The van der Waals surface area contributed by atoms with Gasteiger partial charge < -0.3 is 10.0 Å². The number of aliphatic hydroxyl groups excluding tert-OH is 1. The van der Waals surface area contributed by atoms with E-state index in [1.165, 1.54) is 24.3 Å². The Labute approximate surface area is 163 Å². The molecule has 0 spiro atoms. The number of nitrogens with zero attached hydrogens (tertiary/aromatic N) is 1. The van der Waals surface area contributed by atoms with Crippen molar-refractivity contribution in [3.63, 3.8) is 0 Å². The summed E-state index contributed by atoms with van der Waals surface area (Å²) in [5, 5.41) is 9.98. The highest BCUT2D eigenvalue weighted by Crippen LogP contribution is 2.19. The molecule has 8 heteroatoms. The number of amides is 1. The molecule has 27 heavy (non-hydrogen) atoms. The van der Waals surface area contributed by atoms with Gasteiger partial charge in [0.1, 0.15) is 0 Å². The zero-order valence-corrected chi connectivity index (χ0v) is 16.2. The average molecular weight is 409 g/mol. The molecule has 1 heterocycles. The Morgan fingerprint density at radius 2 is 1.67 bits per heavy atom. The summed E-state index contributed by atoms with van der Waals surface area (Å²) in [6, 6.07) is 12.6. The molecule has 0 aliphatic carbocycles. The first kappa shape index (κ1) is 19.7. The molecule has 0 saturated carbocycles. The molecule has 0 atom stereocenters. The normalized spacial score (nSPS) is 15.6. The molecule has 2 N–H and O–H groups in total. The Balaban J connectivity index is 1.61. The minimum atomic E-state index is -3.70. The third kappa shape index (κ3) is 5.22. The van der Waals surface area contributed by atoms with Gasteiger partial charge in [-0.2, -0.15) is 0 Å². The van der Waals surface area contributed by atoms with Gasteiger partial charge in [0.05, 0.1) is 17.4 Å². The number of carbonyl (C=O) groups excluding carboxylic acids is 1. The van der Waals surface area contributed by atoms with Crippen LogP contribution in [0.3, 0.4) is 0 Å². The Morgan fingerprint density at radius 1 is 1.07 bits per heavy atom. The van der Waals surface area contributed by atoms with E-state index >= 15 is 0 Å². The van der Waals surface area contributed by atoms with Crippen molar-refractivity contribution in [2.45, 2.75) is 30.3 Å². The second kappa shape index (κ2) is 8.29. The fraction of sp³-hybridized carbons (Fsp3) is 0.316. The predicted octanol–water partition coefficient (Wildman–Crippen LogP) is 2.67. The van der Waals surface area contributed by atoms with Gasteiger partial charge in [0.15, 0.2) is 0 Å². The Bertz CT molecular complexity index is 890. The number of aliphatic hydroxyl groups is 1. The summed E-state index contributed by atoms with van der Waals surface area (Å²) in [4.78, 5) is 14.2. The van der Waals surface area contributed by atoms with Crippen LogP contribution in [0, 0.1) is 0 Å². The number of sulfonamides is 1. The number of hydrogen-bond acceptors (Lipinski definition) is 4. The molecule has 2 aromatic rings. The molecule has 0 unspecified atom stereocenters. The van der Waals surface area contributed by atoms with Crippen molar-refractivity contribution in [1.82, 2.24) is 4.90 Å². The molecule has 3 rings (SSSR count). The standard InChI is InChI=1S/C19H21ClN2O4S/c20-15-3-7-18(8-4-15)27(25,26)21-16-5-1-14(2-6-16)13-19(24)22-11-9-17(23)10-12-22/h1-8,17,21,23H,9-13H2. The summed E-state index contributed by atoms with van der Waals surface area (Å²) < 4.78 is 27.3. The van der Waals surface area contributed by atoms with Crippen LogP contribution in [0.25, 0.3) is 0 Å². The van der Waals surface area contributed by atoms with Gasteiger partial charge in [-0.1, -0.05) is 23.7 Å². The zero-order valence-electron chi connectivity index (χ0n) is 14.6. The van der Waals surface area contributed by atoms with E-state index in [-0.39, 0.29) is 23.3 Å². The number of carbonyl (C=O) groups is 1. The van der Waals surface area contributed by atoms with Crippen LogP contribution in [0.5, 0.6) is 0 Å². The van der Waals surface area contributed by atoms with E-state index in [4.69, 9.17) is 11.6 Å². The fourth-order valence-corrected chi connectivity index (χ4v) is 4.10. The highest BCUT2D eigenvalue weighted by atomic mass is 35.5. The maximum absolute atomic E-state index is 12.4. The van der Waals surface area contributed by atoms with Gasteiger partial charge in [0.2, 0.25) is 5.91 Å². The van der Waals surface area contributed by atoms with Crippen LogP contribution < -0.4 is 4.72 Å². The van der Waals surface area contributed by atoms with E-state index in [1.807, 2.05) is 0 Å². The lowest BCUT2D eigenvalue weighted by Gasteiger charge is -2.29. The molecule has 2 aromatic carbocycles. The van der Waals surface area contributed by atoms with Crippen molar-refractivity contribution < 1.29 is 18.3 Å². The summed E-state index contributed by atoms with van der Waals surface area (Å²) >= 11 is 5.79. The number of benzene rings is 2. The topological polar surface area (TPSA) is 86.7 Å². The summed E-state index contributed by atoms with van der Waals surface area (Å²) in [6.45, 7) is 1.14. The van der Waals surface area contributed by atoms with Crippen molar-refractivity contribution in [3.05, 3.63) is 59.1 Å². The van der Waals surface area contributed by atoms with E-state index in [0.29, 0.717) is 36.6 Å². The second-order valence-electron chi connectivity index (χ2n) is 6.55. The van der Waals surface area contributed by atoms with Crippen LogP contribution in [0.1, 0.15) is 18.4 Å². The first-order chi connectivity index (χ1) is 12.8. The van der Waals surface area contributed by atoms with Gasteiger partial charge in [-0.25, -0.2) is 8.42 Å². The number of anilines is 1. The van der Waals surface area contributed by atoms with E-state index in [1.54, 1.807) is 29.2 Å². The van der Waals surface area contributed by atoms with Crippen molar-refractivity contribution in [2.24, 2.45) is 0 Å². The highest BCUT2D eigenvalue weighted by molar-refractivity contribution is 7.92. The maximum atomic E-state index is 12.4. The van der Waals surface area contributed by atoms with Gasteiger partial charge >= 0.3 is 0 Å². The summed E-state index contributed by atoms with van der Waals surface area (Å²) in [6.07, 6.45) is 1.15. The lowest BCUT2D eigenvalue weighted by Crippen LogP contribution is -2.40. The average Bonchev–Trinajstić information content (AvgIpc) is 2.64. The lowest BCUT2D eigenvalue weighted by molar-refractivity contribution is -0.132. The molecule has 1 amide bonds.